The van der Waals surface area contributed by atoms with Gasteiger partial charge in [-0.2, -0.15) is 0 Å². The second-order valence-electron chi connectivity index (χ2n) is 7.41. The van der Waals surface area contributed by atoms with E-state index in [4.69, 9.17) is 5.73 Å². The number of nitrogens with one attached hydrogen (secondary N) is 1. The minimum atomic E-state index is 0. The van der Waals surface area contributed by atoms with E-state index in [2.05, 4.69) is 33.0 Å². The van der Waals surface area contributed by atoms with E-state index in [1.54, 1.807) is 0 Å². The third-order valence-electron chi connectivity index (χ3n) is 5.67. The van der Waals surface area contributed by atoms with Crippen LogP contribution < -0.4 is 11.1 Å². The van der Waals surface area contributed by atoms with Gasteiger partial charge in [-0.05, 0) is 36.0 Å². The van der Waals surface area contributed by atoms with Crippen molar-refractivity contribution < 1.29 is 4.79 Å². The van der Waals surface area contributed by atoms with Crippen LogP contribution in [-0.2, 0) is 4.79 Å². The van der Waals surface area contributed by atoms with Gasteiger partial charge in [0.15, 0.2) is 0 Å². The molecule has 3 N–H and O–H groups in total. The van der Waals surface area contributed by atoms with Crippen molar-refractivity contribution in [3.8, 4) is 0 Å². The molecule has 2 unspecified atom stereocenters. The van der Waals surface area contributed by atoms with Crippen molar-refractivity contribution in [2.45, 2.75) is 59.4 Å². The molecule has 0 radical (unpaired) electrons. The van der Waals surface area contributed by atoms with Crippen molar-refractivity contribution >= 4 is 18.3 Å². The zero-order valence-electron chi connectivity index (χ0n) is 12.7. The summed E-state index contributed by atoms with van der Waals surface area (Å²) in [6.07, 6.45) is 4.64. The first-order chi connectivity index (χ1) is 8.26. The highest BCUT2D eigenvalue weighted by molar-refractivity contribution is 5.85. The molecular formula is C15H29ClN2O. The summed E-state index contributed by atoms with van der Waals surface area (Å²) in [4.78, 5) is 12.2. The van der Waals surface area contributed by atoms with E-state index in [9.17, 15) is 4.79 Å². The Morgan fingerprint density at radius 2 is 1.79 bits per heavy atom. The van der Waals surface area contributed by atoms with Crippen LogP contribution >= 0.6 is 12.4 Å². The normalized spacial score (nSPS) is 32.3. The van der Waals surface area contributed by atoms with Gasteiger partial charge in [0.05, 0.1) is 0 Å². The van der Waals surface area contributed by atoms with Crippen LogP contribution in [0.15, 0.2) is 0 Å². The summed E-state index contributed by atoms with van der Waals surface area (Å²) in [7, 11) is 0. The van der Waals surface area contributed by atoms with Crippen LogP contribution in [0.4, 0.5) is 0 Å². The summed E-state index contributed by atoms with van der Waals surface area (Å²) in [5, 5.41) is 3.15. The second kappa shape index (κ2) is 5.61. The summed E-state index contributed by atoms with van der Waals surface area (Å²) >= 11 is 0. The van der Waals surface area contributed by atoms with E-state index in [1.165, 1.54) is 12.8 Å². The van der Waals surface area contributed by atoms with Crippen molar-refractivity contribution in [2.75, 3.05) is 6.54 Å². The molecule has 2 rings (SSSR count). The molecule has 2 atom stereocenters. The number of halogens is 1. The predicted octanol–water partition coefficient (Wildman–Crippen LogP) is 2.72. The molecule has 2 fully saturated rings. The number of carbonyl (C=O) groups excluding carboxylic acids is 1. The van der Waals surface area contributed by atoms with E-state index in [1.807, 2.05) is 0 Å². The lowest BCUT2D eigenvalue weighted by Gasteiger charge is -2.26. The standard InChI is InChI=1S/C15H28N2O.ClH/c1-14(2)12(15(14,3)4)13(18)17-9-10-6-5-7-11(16)8-10;/h10-12H,5-9,16H2,1-4H3,(H,17,18);1H. The molecule has 2 saturated carbocycles. The van der Waals surface area contributed by atoms with E-state index >= 15 is 0 Å². The largest absolute Gasteiger partial charge is 0.356 e. The van der Waals surface area contributed by atoms with E-state index in [0.29, 0.717) is 12.0 Å². The molecule has 19 heavy (non-hydrogen) atoms. The maximum Gasteiger partial charge on any atom is 0.224 e. The summed E-state index contributed by atoms with van der Waals surface area (Å²) < 4.78 is 0. The van der Waals surface area contributed by atoms with Gasteiger partial charge in [-0.1, -0.05) is 34.1 Å². The quantitative estimate of drug-likeness (QED) is 0.839. The number of hydrogen-bond acceptors (Lipinski definition) is 2. The van der Waals surface area contributed by atoms with Crippen LogP contribution in [0.5, 0.6) is 0 Å². The van der Waals surface area contributed by atoms with Crippen molar-refractivity contribution in [2.24, 2.45) is 28.4 Å². The lowest BCUT2D eigenvalue weighted by molar-refractivity contribution is -0.123. The van der Waals surface area contributed by atoms with Crippen LogP contribution in [0.3, 0.4) is 0 Å². The van der Waals surface area contributed by atoms with E-state index < -0.39 is 0 Å². The fourth-order valence-electron chi connectivity index (χ4n) is 3.72. The van der Waals surface area contributed by atoms with Crippen LogP contribution in [0.25, 0.3) is 0 Å². The molecule has 0 heterocycles. The Kier molecular flexibility index (Phi) is 4.95. The first kappa shape index (κ1) is 16.8. The average molecular weight is 289 g/mol. The fourth-order valence-corrected chi connectivity index (χ4v) is 3.72. The van der Waals surface area contributed by atoms with Gasteiger partial charge in [0.2, 0.25) is 5.91 Å². The lowest BCUT2D eigenvalue weighted by Crippen LogP contribution is -2.36. The molecule has 0 aromatic heterocycles. The highest BCUT2D eigenvalue weighted by Crippen LogP contribution is 2.68. The maximum absolute atomic E-state index is 12.2. The molecule has 112 valence electrons. The van der Waals surface area contributed by atoms with E-state index in [0.717, 1.165) is 19.4 Å². The van der Waals surface area contributed by atoms with E-state index in [-0.39, 0.29) is 35.1 Å². The molecule has 0 saturated heterocycles. The van der Waals surface area contributed by atoms with Crippen molar-refractivity contribution in [3.63, 3.8) is 0 Å². The Balaban J connectivity index is 0.00000180. The van der Waals surface area contributed by atoms with Gasteiger partial charge in [0.25, 0.3) is 0 Å². The SMILES string of the molecule is CC1(C)C(C(=O)NCC2CCCC(N)C2)C1(C)C.Cl. The van der Waals surface area contributed by atoms with Crippen LogP contribution in [0.1, 0.15) is 53.4 Å². The monoisotopic (exact) mass is 288 g/mol. The smallest absolute Gasteiger partial charge is 0.224 e. The van der Waals surface area contributed by atoms with Gasteiger partial charge in [0.1, 0.15) is 0 Å². The Bertz CT molecular complexity index is 327. The van der Waals surface area contributed by atoms with Gasteiger partial charge in [-0.3, -0.25) is 4.79 Å². The first-order valence-corrected chi connectivity index (χ1v) is 7.30. The number of hydrogen-bond donors (Lipinski definition) is 2. The molecule has 1 amide bonds. The summed E-state index contributed by atoms with van der Waals surface area (Å²) in [6, 6.07) is 0.342. The molecule has 0 spiro atoms. The highest BCUT2D eigenvalue weighted by Gasteiger charge is 2.68. The molecule has 3 nitrogen and oxygen atoms in total. The minimum absolute atomic E-state index is 0. The maximum atomic E-state index is 12.2. The second-order valence-corrected chi connectivity index (χ2v) is 7.41. The zero-order chi connectivity index (χ0) is 13.6. The van der Waals surface area contributed by atoms with Crippen LogP contribution in [0, 0.1) is 22.7 Å². The first-order valence-electron chi connectivity index (χ1n) is 7.30. The molecule has 0 aliphatic heterocycles. The Morgan fingerprint density at radius 3 is 2.26 bits per heavy atom. The lowest BCUT2D eigenvalue weighted by atomic mass is 9.86. The molecule has 0 aromatic rings. The molecular weight excluding hydrogens is 260 g/mol. The predicted molar refractivity (Wildman–Crippen MR) is 81.2 cm³/mol. The number of rotatable bonds is 3. The number of amides is 1. The van der Waals surface area contributed by atoms with Gasteiger partial charge < -0.3 is 11.1 Å². The van der Waals surface area contributed by atoms with Gasteiger partial charge in [-0.15, -0.1) is 12.4 Å². The summed E-state index contributed by atoms with van der Waals surface area (Å²) in [5.74, 6) is 0.995. The molecule has 2 aliphatic carbocycles. The van der Waals surface area contributed by atoms with Crippen LogP contribution in [0.2, 0.25) is 0 Å². The number of nitrogens with two attached hydrogens (primary N) is 1. The van der Waals surface area contributed by atoms with Gasteiger partial charge in [-0.25, -0.2) is 0 Å². The molecule has 2 aliphatic rings. The highest BCUT2D eigenvalue weighted by atomic mass is 35.5. The topological polar surface area (TPSA) is 55.1 Å². The van der Waals surface area contributed by atoms with Crippen LogP contribution in [-0.4, -0.2) is 18.5 Å². The third-order valence-corrected chi connectivity index (χ3v) is 5.67. The molecule has 4 heteroatoms. The van der Waals surface area contributed by atoms with Crippen molar-refractivity contribution in [1.29, 1.82) is 0 Å². The molecule has 0 aromatic carbocycles. The fraction of sp³-hybridized carbons (Fsp3) is 0.933. The Morgan fingerprint density at radius 1 is 1.21 bits per heavy atom. The average Bonchev–Trinajstić information content (AvgIpc) is 2.66. The van der Waals surface area contributed by atoms with Gasteiger partial charge >= 0.3 is 0 Å². The zero-order valence-corrected chi connectivity index (χ0v) is 13.5. The van der Waals surface area contributed by atoms with Crippen molar-refractivity contribution in [3.05, 3.63) is 0 Å². The third kappa shape index (κ3) is 3.08. The van der Waals surface area contributed by atoms with Gasteiger partial charge in [0, 0.05) is 18.5 Å². The summed E-state index contributed by atoms with van der Waals surface area (Å²) in [6.45, 7) is 9.57. The van der Waals surface area contributed by atoms with Crippen molar-refractivity contribution in [1.82, 2.24) is 5.32 Å². The Labute approximate surface area is 123 Å². The number of carbonyl (C=O) groups is 1. The Hall–Kier alpha value is -0.280. The minimum Gasteiger partial charge on any atom is -0.356 e. The molecule has 0 bridgehead atoms. The summed E-state index contributed by atoms with van der Waals surface area (Å²) in [5.41, 5.74) is 6.25.